The van der Waals surface area contributed by atoms with E-state index in [1.54, 1.807) is 0 Å². The third kappa shape index (κ3) is 4.31. The van der Waals surface area contributed by atoms with Crippen molar-refractivity contribution in [2.24, 2.45) is 17.1 Å². The second kappa shape index (κ2) is 7.99. The minimum absolute atomic E-state index is 0.445. The van der Waals surface area contributed by atoms with Crippen LogP contribution >= 0.6 is 0 Å². The minimum Gasteiger partial charge on any atom is -0.494 e. The van der Waals surface area contributed by atoms with Crippen LogP contribution in [-0.4, -0.2) is 19.2 Å². The van der Waals surface area contributed by atoms with Gasteiger partial charge in [-0.05, 0) is 107 Å². The molecule has 0 radical (unpaired) electrons. The van der Waals surface area contributed by atoms with E-state index in [2.05, 4.69) is 38.2 Å². The molecule has 1 saturated carbocycles. The minimum atomic E-state index is 0.445. The summed E-state index contributed by atoms with van der Waals surface area (Å²) in [5, 5.41) is 3.56. The van der Waals surface area contributed by atoms with E-state index in [1.807, 2.05) is 0 Å². The second-order valence-electron chi connectivity index (χ2n) is 8.57. The van der Waals surface area contributed by atoms with Crippen molar-refractivity contribution in [1.29, 1.82) is 0 Å². The summed E-state index contributed by atoms with van der Waals surface area (Å²) in [6, 6.07) is 5.04. The van der Waals surface area contributed by atoms with Crippen LogP contribution in [0.15, 0.2) is 12.1 Å². The smallest absolute Gasteiger partial charge is 0.124 e. The van der Waals surface area contributed by atoms with E-state index in [0.29, 0.717) is 11.5 Å². The number of nitrogens with one attached hydrogen (secondary N) is 1. The van der Waals surface area contributed by atoms with E-state index in [4.69, 9.17) is 10.5 Å². The van der Waals surface area contributed by atoms with Gasteiger partial charge in [-0.1, -0.05) is 0 Å². The van der Waals surface area contributed by atoms with Gasteiger partial charge < -0.3 is 15.8 Å². The van der Waals surface area contributed by atoms with Crippen LogP contribution in [0.1, 0.15) is 70.4 Å². The van der Waals surface area contributed by atoms with Crippen LogP contribution in [-0.2, 0) is 12.8 Å². The first kappa shape index (κ1) is 18.6. The largest absolute Gasteiger partial charge is 0.494 e. The highest BCUT2D eigenvalue weighted by Crippen LogP contribution is 2.51. The fourth-order valence-corrected chi connectivity index (χ4v) is 4.94. The van der Waals surface area contributed by atoms with Crippen LogP contribution in [0.4, 0.5) is 5.69 Å². The molecule has 1 aromatic rings. The number of nitrogens with two attached hydrogens (primary N) is 1. The Hall–Kier alpha value is -1.22. The first-order chi connectivity index (χ1) is 12.0. The number of anilines is 1. The summed E-state index contributed by atoms with van der Waals surface area (Å²) in [7, 11) is 0. The SMILES string of the molecule is CCOc1cc(NC(C)C)cc2c1CC1(CCC(CCCN)CC1)C2. The molecule has 0 saturated heterocycles. The monoisotopic (exact) mass is 344 g/mol. The Morgan fingerprint density at radius 1 is 1.24 bits per heavy atom. The molecule has 0 aliphatic heterocycles. The average Bonchev–Trinajstić information content (AvgIpc) is 2.92. The Balaban J connectivity index is 1.74. The predicted octanol–water partition coefficient (Wildman–Crippen LogP) is 4.92. The quantitative estimate of drug-likeness (QED) is 0.738. The van der Waals surface area contributed by atoms with Crippen molar-refractivity contribution in [2.75, 3.05) is 18.5 Å². The molecule has 25 heavy (non-hydrogen) atoms. The van der Waals surface area contributed by atoms with Gasteiger partial charge in [-0.25, -0.2) is 0 Å². The maximum absolute atomic E-state index is 6.03. The fourth-order valence-electron chi connectivity index (χ4n) is 4.94. The predicted molar refractivity (Wildman–Crippen MR) is 106 cm³/mol. The molecule has 3 heteroatoms. The number of rotatable bonds is 7. The standard InChI is InChI=1S/C22H36N2O/c1-4-25-21-13-19(24-16(2)3)12-18-14-22(15-20(18)21)9-7-17(8-10-22)6-5-11-23/h12-13,16-17,24H,4-11,14-15,23H2,1-3H3. The molecule has 0 unspecified atom stereocenters. The van der Waals surface area contributed by atoms with Crippen molar-refractivity contribution in [3.8, 4) is 5.75 Å². The molecule has 0 atom stereocenters. The number of benzene rings is 1. The highest BCUT2D eigenvalue weighted by molar-refractivity contribution is 5.58. The Bertz CT molecular complexity index is 574. The molecule has 2 aliphatic carbocycles. The second-order valence-corrected chi connectivity index (χ2v) is 8.57. The van der Waals surface area contributed by atoms with Crippen molar-refractivity contribution in [1.82, 2.24) is 0 Å². The molecule has 0 heterocycles. The molecule has 140 valence electrons. The maximum Gasteiger partial charge on any atom is 0.124 e. The van der Waals surface area contributed by atoms with Gasteiger partial charge in [0.1, 0.15) is 5.75 Å². The Kier molecular flexibility index (Phi) is 5.93. The summed E-state index contributed by atoms with van der Waals surface area (Å²) in [6.45, 7) is 8.06. The summed E-state index contributed by atoms with van der Waals surface area (Å²) in [6.07, 6.45) is 10.5. The lowest BCUT2D eigenvalue weighted by Gasteiger charge is -2.37. The lowest BCUT2D eigenvalue weighted by molar-refractivity contribution is 0.153. The van der Waals surface area contributed by atoms with Gasteiger partial charge in [0.25, 0.3) is 0 Å². The zero-order valence-electron chi connectivity index (χ0n) is 16.4. The molecule has 0 amide bonds. The Morgan fingerprint density at radius 2 is 2.00 bits per heavy atom. The average molecular weight is 345 g/mol. The molecular formula is C22H36N2O. The van der Waals surface area contributed by atoms with Crippen LogP contribution < -0.4 is 15.8 Å². The Labute approximate surface area is 153 Å². The lowest BCUT2D eigenvalue weighted by atomic mass is 9.68. The first-order valence-electron chi connectivity index (χ1n) is 10.3. The van der Waals surface area contributed by atoms with Gasteiger partial charge in [0.15, 0.2) is 0 Å². The summed E-state index contributed by atoms with van der Waals surface area (Å²) in [5.41, 5.74) is 10.4. The first-order valence-corrected chi connectivity index (χ1v) is 10.3. The number of hydrogen-bond acceptors (Lipinski definition) is 3. The molecule has 3 nitrogen and oxygen atoms in total. The van der Waals surface area contributed by atoms with Gasteiger partial charge in [-0.15, -0.1) is 0 Å². The van der Waals surface area contributed by atoms with E-state index in [-0.39, 0.29) is 0 Å². The normalized spacial score (nSPS) is 25.4. The highest BCUT2D eigenvalue weighted by atomic mass is 16.5. The van der Waals surface area contributed by atoms with Crippen molar-refractivity contribution >= 4 is 5.69 Å². The van der Waals surface area contributed by atoms with Crippen LogP contribution in [0.3, 0.4) is 0 Å². The number of hydrogen-bond donors (Lipinski definition) is 2. The number of ether oxygens (including phenoxy) is 1. The third-order valence-corrected chi connectivity index (χ3v) is 6.16. The summed E-state index contributed by atoms with van der Waals surface area (Å²) in [5.74, 6) is 2.02. The van der Waals surface area contributed by atoms with Gasteiger partial charge in [0.2, 0.25) is 0 Å². The number of fused-ring (bicyclic) bond motifs is 1. The molecule has 1 fully saturated rings. The maximum atomic E-state index is 6.03. The molecule has 0 bridgehead atoms. The van der Waals surface area contributed by atoms with E-state index in [1.165, 1.54) is 68.2 Å². The van der Waals surface area contributed by atoms with Gasteiger partial charge in [0.05, 0.1) is 6.61 Å². The van der Waals surface area contributed by atoms with Gasteiger partial charge in [-0.2, -0.15) is 0 Å². The van der Waals surface area contributed by atoms with E-state index < -0.39 is 0 Å². The summed E-state index contributed by atoms with van der Waals surface area (Å²) >= 11 is 0. The molecule has 3 rings (SSSR count). The molecule has 0 aromatic heterocycles. The van der Waals surface area contributed by atoms with Gasteiger partial charge >= 0.3 is 0 Å². The molecule has 1 spiro atoms. The van der Waals surface area contributed by atoms with Gasteiger partial charge in [0, 0.05) is 17.8 Å². The van der Waals surface area contributed by atoms with Crippen molar-refractivity contribution in [2.45, 2.75) is 78.2 Å². The molecule has 1 aromatic carbocycles. The Morgan fingerprint density at radius 3 is 2.64 bits per heavy atom. The van der Waals surface area contributed by atoms with Crippen LogP contribution in [0.25, 0.3) is 0 Å². The van der Waals surface area contributed by atoms with E-state index in [0.717, 1.165) is 24.8 Å². The van der Waals surface area contributed by atoms with E-state index in [9.17, 15) is 0 Å². The molecular weight excluding hydrogens is 308 g/mol. The van der Waals surface area contributed by atoms with E-state index >= 15 is 0 Å². The van der Waals surface area contributed by atoms with Gasteiger partial charge in [-0.3, -0.25) is 0 Å². The summed E-state index contributed by atoms with van der Waals surface area (Å²) in [4.78, 5) is 0. The van der Waals surface area contributed by atoms with Crippen LogP contribution in [0, 0.1) is 11.3 Å². The van der Waals surface area contributed by atoms with Crippen LogP contribution in [0.5, 0.6) is 5.75 Å². The third-order valence-electron chi connectivity index (χ3n) is 6.16. The van der Waals surface area contributed by atoms with Crippen molar-refractivity contribution in [3.05, 3.63) is 23.3 Å². The highest BCUT2D eigenvalue weighted by Gasteiger charge is 2.41. The molecule has 3 N–H and O–H groups in total. The molecule has 2 aliphatic rings. The van der Waals surface area contributed by atoms with Crippen LogP contribution in [0.2, 0.25) is 0 Å². The topological polar surface area (TPSA) is 47.3 Å². The van der Waals surface area contributed by atoms with Crippen molar-refractivity contribution < 1.29 is 4.74 Å². The lowest BCUT2D eigenvalue weighted by Crippen LogP contribution is -2.28. The zero-order valence-corrected chi connectivity index (χ0v) is 16.4. The fraction of sp³-hybridized carbons (Fsp3) is 0.727. The van der Waals surface area contributed by atoms with Crippen molar-refractivity contribution in [3.63, 3.8) is 0 Å². The summed E-state index contributed by atoms with van der Waals surface area (Å²) < 4.78 is 6.03. The zero-order chi connectivity index (χ0) is 17.9.